The first kappa shape index (κ1) is 10.1. The summed E-state index contributed by atoms with van der Waals surface area (Å²) in [6.45, 7) is 3.31. The predicted octanol–water partition coefficient (Wildman–Crippen LogP) is 0.344. The second kappa shape index (κ2) is 4.94. The van der Waals surface area contributed by atoms with Gasteiger partial charge < -0.3 is 10.0 Å². The maximum Gasteiger partial charge on any atom is 0.244 e. The van der Waals surface area contributed by atoms with Gasteiger partial charge in [0.25, 0.3) is 0 Å². The molecule has 1 N–H and O–H groups in total. The molecule has 13 heavy (non-hydrogen) atoms. The van der Waals surface area contributed by atoms with Crippen molar-refractivity contribution < 1.29 is 5.11 Å². The third-order valence-electron chi connectivity index (χ3n) is 1.60. The van der Waals surface area contributed by atoms with Crippen LogP contribution in [0.4, 0.5) is 5.82 Å². The van der Waals surface area contributed by atoms with Gasteiger partial charge in [0.1, 0.15) is 0 Å². The number of aromatic nitrogens is 3. The van der Waals surface area contributed by atoms with Crippen LogP contribution in [0.15, 0.2) is 6.20 Å². The van der Waals surface area contributed by atoms with Gasteiger partial charge in [-0.3, -0.25) is 0 Å². The van der Waals surface area contributed by atoms with Crippen LogP contribution in [0.5, 0.6) is 0 Å². The van der Waals surface area contributed by atoms with Gasteiger partial charge in [0.2, 0.25) is 5.28 Å². The van der Waals surface area contributed by atoms with Gasteiger partial charge in [-0.1, -0.05) is 0 Å². The van der Waals surface area contributed by atoms with E-state index in [1.807, 2.05) is 11.8 Å². The number of aliphatic hydroxyl groups is 1. The van der Waals surface area contributed by atoms with E-state index < -0.39 is 0 Å². The molecule has 0 saturated carbocycles. The quantitative estimate of drug-likeness (QED) is 0.763. The van der Waals surface area contributed by atoms with E-state index in [1.165, 1.54) is 6.20 Å². The minimum Gasteiger partial charge on any atom is -0.395 e. The van der Waals surface area contributed by atoms with Crippen molar-refractivity contribution in [2.45, 2.75) is 6.92 Å². The summed E-state index contributed by atoms with van der Waals surface area (Å²) in [7, 11) is 0. The van der Waals surface area contributed by atoms with Gasteiger partial charge in [0.05, 0.1) is 12.8 Å². The molecule has 1 heterocycles. The van der Waals surface area contributed by atoms with Gasteiger partial charge in [0, 0.05) is 13.1 Å². The predicted molar refractivity (Wildman–Crippen MR) is 49.8 cm³/mol. The molecule has 0 unspecified atom stereocenters. The Kier molecular flexibility index (Phi) is 3.85. The molecule has 1 aromatic rings. The molecule has 0 aliphatic heterocycles. The minimum absolute atomic E-state index is 0.0788. The molecule has 1 aromatic heterocycles. The largest absolute Gasteiger partial charge is 0.395 e. The molecule has 72 valence electrons. The summed E-state index contributed by atoms with van der Waals surface area (Å²) < 4.78 is 0. The van der Waals surface area contributed by atoms with Gasteiger partial charge in [-0.25, -0.2) is 0 Å². The van der Waals surface area contributed by atoms with Crippen LogP contribution in [0.2, 0.25) is 5.28 Å². The number of rotatable bonds is 4. The van der Waals surface area contributed by atoms with Crippen molar-refractivity contribution in [3.05, 3.63) is 11.5 Å². The zero-order valence-corrected chi connectivity index (χ0v) is 8.07. The molecule has 0 radical (unpaired) electrons. The normalized spacial score (nSPS) is 10.1. The second-order valence-corrected chi connectivity index (χ2v) is 2.72. The van der Waals surface area contributed by atoms with Gasteiger partial charge >= 0.3 is 0 Å². The Labute approximate surface area is 81.4 Å². The van der Waals surface area contributed by atoms with Crippen LogP contribution in [-0.2, 0) is 0 Å². The molecule has 0 aliphatic rings. The standard InChI is InChI=1S/C7H11ClN4O/c1-2-12(3-4-13)6-5-9-11-7(8)10-6/h5,13H,2-4H2,1H3. The smallest absolute Gasteiger partial charge is 0.244 e. The zero-order valence-electron chi connectivity index (χ0n) is 7.31. The molecular formula is C7H11ClN4O. The molecule has 0 spiro atoms. The highest BCUT2D eigenvalue weighted by Gasteiger charge is 2.05. The van der Waals surface area contributed by atoms with E-state index in [4.69, 9.17) is 16.7 Å². The van der Waals surface area contributed by atoms with Crippen LogP contribution in [0.3, 0.4) is 0 Å². The average molecular weight is 203 g/mol. The van der Waals surface area contributed by atoms with Crippen molar-refractivity contribution in [3.63, 3.8) is 0 Å². The first-order valence-corrected chi connectivity index (χ1v) is 4.36. The van der Waals surface area contributed by atoms with Crippen LogP contribution in [0.1, 0.15) is 6.92 Å². The second-order valence-electron chi connectivity index (χ2n) is 2.39. The highest BCUT2D eigenvalue weighted by atomic mass is 35.5. The van der Waals surface area contributed by atoms with Gasteiger partial charge in [0.15, 0.2) is 5.82 Å². The molecule has 0 saturated heterocycles. The fourth-order valence-electron chi connectivity index (χ4n) is 0.982. The Hall–Kier alpha value is -0.940. The summed E-state index contributed by atoms with van der Waals surface area (Å²) in [5.74, 6) is 0.636. The van der Waals surface area contributed by atoms with Crippen molar-refractivity contribution in [2.24, 2.45) is 0 Å². The van der Waals surface area contributed by atoms with Crippen LogP contribution in [-0.4, -0.2) is 40.0 Å². The lowest BCUT2D eigenvalue weighted by Gasteiger charge is -2.19. The third kappa shape index (κ3) is 2.78. The Balaban J connectivity index is 2.78. The van der Waals surface area contributed by atoms with Crippen molar-refractivity contribution in [1.29, 1.82) is 0 Å². The van der Waals surface area contributed by atoms with Crippen molar-refractivity contribution in [2.75, 3.05) is 24.6 Å². The van der Waals surface area contributed by atoms with E-state index >= 15 is 0 Å². The third-order valence-corrected chi connectivity index (χ3v) is 1.76. The van der Waals surface area contributed by atoms with Crippen LogP contribution < -0.4 is 4.90 Å². The molecule has 1 rings (SSSR count). The maximum absolute atomic E-state index is 8.76. The monoisotopic (exact) mass is 202 g/mol. The molecule has 0 fully saturated rings. The number of halogens is 1. The number of likely N-dealkylation sites (N-methyl/N-ethyl adjacent to an activating group) is 1. The minimum atomic E-state index is 0.0788. The molecule has 0 atom stereocenters. The highest BCUT2D eigenvalue weighted by molar-refractivity contribution is 6.28. The zero-order chi connectivity index (χ0) is 9.68. The number of nitrogens with zero attached hydrogens (tertiary/aromatic N) is 4. The van der Waals surface area contributed by atoms with E-state index in [1.54, 1.807) is 0 Å². The number of aliphatic hydroxyl groups excluding tert-OH is 1. The average Bonchev–Trinajstić information content (AvgIpc) is 2.14. The maximum atomic E-state index is 8.76. The van der Waals surface area contributed by atoms with Crippen molar-refractivity contribution >= 4 is 17.4 Å². The number of hydrogen-bond acceptors (Lipinski definition) is 5. The van der Waals surface area contributed by atoms with Gasteiger partial charge in [-0.15, -0.1) is 5.10 Å². The topological polar surface area (TPSA) is 62.1 Å². The number of hydrogen-bond donors (Lipinski definition) is 1. The number of anilines is 1. The Morgan fingerprint density at radius 1 is 1.62 bits per heavy atom. The van der Waals surface area contributed by atoms with E-state index in [2.05, 4.69) is 15.2 Å². The molecule has 0 aromatic carbocycles. The van der Waals surface area contributed by atoms with Crippen LogP contribution in [0.25, 0.3) is 0 Å². The lowest BCUT2D eigenvalue weighted by atomic mass is 10.5. The van der Waals surface area contributed by atoms with E-state index in [9.17, 15) is 0 Å². The summed E-state index contributed by atoms with van der Waals surface area (Å²) in [4.78, 5) is 5.83. The fraction of sp³-hybridized carbons (Fsp3) is 0.571. The van der Waals surface area contributed by atoms with E-state index in [0.717, 1.165) is 6.54 Å². The van der Waals surface area contributed by atoms with Crippen molar-refractivity contribution in [3.8, 4) is 0 Å². The molecule has 6 heteroatoms. The van der Waals surface area contributed by atoms with E-state index in [-0.39, 0.29) is 11.9 Å². The van der Waals surface area contributed by atoms with Gasteiger partial charge in [-0.05, 0) is 18.5 Å². The molecule has 5 nitrogen and oxygen atoms in total. The summed E-state index contributed by atoms with van der Waals surface area (Å²) in [6.07, 6.45) is 1.52. The van der Waals surface area contributed by atoms with Crippen LogP contribution in [0, 0.1) is 0 Å². The molecule has 0 amide bonds. The first-order chi connectivity index (χ1) is 6.27. The summed E-state index contributed by atoms with van der Waals surface area (Å²) in [5.41, 5.74) is 0. The Bertz CT molecular complexity index is 270. The summed E-state index contributed by atoms with van der Waals surface area (Å²) in [5, 5.41) is 16.1. The van der Waals surface area contributed by atoms with E-state index in [0.29, 0.717) is 12.4 Å². The molecule has 0 bridgehead atoms. The molecule has 0 aliphatic carbocycles. The lowest BCUT2D eigenvalue weighted by molar-refractivity contribution is 0.302. The summed E-state index contributed by atoms with van der Waals surface area (Å²) in [6, 6.07) is 0. The summed E-state index contributed by atoms with van der Waals surface area (Å²) >= 11 is 5.57. The van der Waals surface area contributed by atoms with Crippen LogP contribution >= 0.6 is 11.6 Å². The SMILES string of the molecule is CCN(CCO)c1cnnc(Cl)n1. The first-order valence-electron chi connectivity index (χ1n) is 3.99. The van der Waals surface area contributed by atoms with Crippen molar-refractivity contribution in [1.82, 2.24) is 15.2 Å². The van der Waals surface area contributed by atoms with Gasteiger partial charge in [-0.2, -0.15) is 10.1 Å². The highest BCUT2D eigenvalue weighted by Crippen LogP contribution is 2.09. The fourth-order valence-corrected chi connectivity index (χ4v) is 1.11. The Morgan fingerprint density at radius 2 is 2.38 bits per heavy atom. The molecular weight excluding hydrogens is 192 g/mol. The lowest BCUT2D eigenvalue weighted by Crippen LogP contribution is -2.27. The Morgan fingerprint density at radius 3 is 2.92 bits per heavy atom.